The van der Waals surface area contributed by atoms with Crippen LogP contribution in [-0.4, -0.2) is 54.9 Å². The fraction of sp³-hybridized carbons (Fsp3) is 0.857. The first kappa shape index (κ1) is 15.1. The molecule has 2 fully saturated rings. The predicted octanol–water partition coefficient (Wildman–Crippen LogP) is 1.31. The number of nitrogens with zero attached hydrogens (tertiary/aromatic N) is 1. The fourth-order valence-corrected chi connectivity index (χ4v) is 3.50. The topological polar surface area (TPSA) is 78.9 Å². The number of carbonyl (C=O) groups excluding carboxylic acids is 1. The highest BCUT2D eigenvalue weighted by atomic mass is 16.5. The lowest BCUT2D eigenvalue weighted by molar-refractivity contribution is -0.142. The smallest absolute Gasteiger partial charge is 0.326 e. The minimum absolute atomic E-state index is 0.145. The molecule has 3 unspecified atom stereocenters. The molecule has 0 aromatic carbocycles. The van der Waals surface area contributed by atoms with Crippen molar-refractivity contribution in [1.29, 1.82) is 0 Å². The zero-order valence-electron chi connectivity index (χ0n) is 12.0. The van der Waals surface area contributed by atoms with Crippen molar-refractivity contribution in [3.8, 4) is 0 Å². The van der Waals surface area contributed by atoms with Crippen molar-refractivity contribution in [3.05, 3.63) is 0 Å². The summed E-state index contributed by atoms with van der Waals surface area (Å²) in [6.45, 7) is 1.84. The molecular weight excluding hydrogens is 260 g/mol. The largest absolute Gasteiger partial charge is 0.480 e. The lowest BCUT2D eigenvalue weighted by Gasteiger charge is -2.24. The highest BCUT2D eigenvalue weighted by Crippen LogP contribution is 2.42. The van der Waals surface area contributed by atoms with Crippen LogP contribution in [0.3, 0.4) is 0 Å². The van der Waals surface area contributed by atoms with E-state index >= 15 is 0 Å². The van der Waals surface area contributed by atoms with Gasteiger partial charge < -0.3 is 20.1 Å². The molecule has 0 aromatic rings. The zero-order chi connectivity index (χ0) is 14.5. The number of urea groups is 1. The number of rotatable bonds is 6. The molecule has 1 saturated carbocycles. The van der Waals surface area contributed by atoms with Gasteiger partial charge in [0, 0.05) is 26.8 Å². The van der Waals surface area contributed by atoms with E-state index in [-0.39, 0.29) is 11.9 Å². The average Bonchev–Trinajstić information content (AvgIpc) is 2.97. The number of methoxy groups -OCH3 is 1. The van der Waals surface area contributed by atoms with Crippen LogP contribution in [0.2, 0.25) is 0 Å². The molecule has 2 aliphatic rings. The van der Waals surface area contributed by atoms with E-state index in [1.807, 2.05) is 0 Å². The van der Waals surface area contributed by atoms with E-state index in [4.69, 9.17) is 4.74 Å². The standard InChI is InChI=1S/C14H24N2O4/c1-20-8-3-2-7-15-14(19)16-9-10-5-4-6-11(10)12(16)13(17)18/h10-12H,2-9H2,1H3,(H,15,19)(H,17,18). The number of fused-ring (bicyclic) bond motifs is 1. The van der Waals surface area contributed by atoms with Crippen molar-refractivity contribution in [2.45, 2.75) is 38.1 Å². The Hall–Kier alpha value is -1.30. The molecule has 1 saturated heterocycles. The van der Waals surface area contributed by atoms with E-state index in [1.54, 1.807) is 7.11 Å². The molecule has 20 heavy (non-hydrogen) atoms. The van der Waals surface area contributed by atoms with Gasteiger partial charge in [0.25, 0.3) is 0 Å². The Morgan fingerprint density at radius 2 is 2.15 bits per heavy atom. The van der Waals surface area contributed by atoms with Crippen LogP contribution in [0, 0.1) is 11.8 Å². The maximum Gasteiger partial charge on any atom is 0.326 e. The number of hydrogen-bond donors (Lipinski definition) is 2. The molecule has 114 valence electrons. The summed E-state index contributed by atoms with van der Waals surface area (Å²) in [6.07, 6.45) is 4.80. The van der Waals surface area contributed by atoms with Gasteiger partial charge in [-0.3, -0.25) is 0 Å². The minimum Gasteiger partial charge on any atom is -0.480 e. The average molecular weight is 284 g/mol. The molecule has 0 spiro atoms. The highest BCUT2D eigenvalue weighted by Gasteiger charge is 2.49. The Morgan fingerprint density at radius 3 is 2.85 bits per heavy atom. The molecule has 0 aromatic heterocycles. The Kier molecular flexibility index (Phi) is 5.23. The highest BCUT2D eigenvalue weighted by molar-refractivity contribution is 5.83. The first-order valence-corrected chi connectivity index (χ1v) is 7.41. The van der Waals surface area contributed by atoms with E-state index in [0.717, 1.165) is 32.1 Å². The number of carboxylic acid groups (broad SMARTS) is 1. The van der Waals surface area contributed by atoms with Crippen molar-refractivity contribution in [3.63, 3.8) is 0 Å². The van der Waals surface area contributed by atoms with Gasteiger partial charge in [0.05, 0.1) is 0 Å². The van der Waals surface area contributed by atoms with Crippen LogP contribution in [-0.2, 0) is 9.53 Å². The molecular formula is C14H24N2O4. The third kappa shape index (κ3) is 3.23. The summed E-state index contributed by atoms with van der Waals surface area (Å²) in [5, 5.41) is 12.2. The Morgan fingerprint density at radius 1 is 1.35 bits per heavy atom. The van der Waals surface area contributed by atoms with Crippen molar-refractivity contribution in [2.75, 3.05) is 26.8 Å². The summed E-state index contributed by atoms with van der Waals surface area (Å²) >= 11 is 0. The van der Waals surface area contributed by atoms with Crippen LogP contribution in [0.15, 0.2) is 0 Å². The summed E-state index contributed by atoms with van der Waals surface area (Å²) in [6, 6.07) is -0.870. The molecule has 1 aliphatic heterocycles. The summed E-state index contributed by atoms with van der Waals surface area (Å²) in [7, 11) is 1.65. The SMILES string of the molecule is COCCCCNC(=O)N1CC2CCCC2C1C(=O)O. The van der Waals surface area contributed by atoms with Crippen LogP contribution in [0.5, 0.6) is 0 Å². The molecule has 0 bridgehead atoms. The number of aliphatic carboxylic acids is 1. The Bertz CT molecular complexity index is 361. The summed E-state index contributed by atoms with van der Waals surface area (Å²) in [4.78, 5) is 25.1. The molecule has 0 radical (unpaired) electrons. The number of amides is 2. The molecule has 1 heterocycles. The van der Waals surface area contributed by atoms with Gasteiger partial charge in [0.2, 0.25) is 0 Å². The van der Waals surface area contributed by atoms with Crippen LogP contribution in [0.4, 0.5) is 4.79 Å². The quantitative estimate of drug-likeness (QED) is 0.721. The van der Waals surface area contributed by atoms with Crippen LogP contribution in [0.25, 0.3) is 0 Å². The molecule has 3 atom stereocenters. The summed E-state index contributed by atoms with van der Waals surface area (Å²) in [5.74, 6) is -0.351. The number of carboxylic acids is 1. The fourth-order valence-electron chi connectivity index (χ4n) is 3.50. The number of unbranched alkanes of at least 4 members (excludes halogenated alkanes) is 1. The van der Waals surface area contributed by atoms with Gasteiger partial charge in [-0.15, -0.1) is 0 Å². The normalized spacial score (nSPS) is 28.4. The molecule has 1 aliphatic carbocycles. The second-order valence-corrected chi connectivity index (χ2v) is 5.72. The lowest BCUT2D eigenvalue weighted by atomic mass is 9.94. The first-order chi connectivity index (χ1) is 9.65. The van der Waals surface area contributed by atoms with Crippen LogP contribution in [0.1, 0.15) is 32.1 Å². The van der Waals surface area contributed by atoms with Gasteiger partial charge in [-0.1, -0.05) is 6.42 Å². The third-order valence-corrected chi connectivity index (χ3v) is 4.46. The number of likely N-dealkylation sites (tertiary alicyclic amines) is 1. The van der Waals surface area contributed by atoms with Crippen molar-refractivity contribution in [1.82, 2.24) is 10.2 Å². The summed E-state index contributed by atoms with van der Waals surface area (Å²) in [5.41, 5.74) is 0. The minimum atomic E-state index is -0.867. The van der Waals surface area contributed by atoms with Crippen LogP contribution >= 0.6 is 0 Å². The van der Waals surface area contributed by atoms with E-state index in [9.17, 15) is 14.7 Å². The molecule has 2 amide bonds. The van der Waals surface area contributed by atoms with Crippen molar-refractivity contribution < 1.29 is 19.4 Å². The first-order valence-electron chi connectivity index (χ1n) is 7.41. The van der Waals surface area contributed by atoms with Gasteiger partial charge in [-0.05, 0) is 37.5 Å². The van der Waals surface area contributed by atoms with Gasteiger partial charge in [-0.25, -0.2) is 9.59 Å². The molecule has 6 nitrogen and oxygen atoms in total. The maximum absolute atomic E-state index is 12.1. The lowest BCUT2D eigenvalue weighted by Crippen LogP contribution is -2.48. The van der Waals surface area contributed by atoms with Gasteiger partial charge >= 0.3 is 12.0 Å². The predicted molar refractivity (Wildman–Crippen MR) is 73.5 cm³/mol. The number of nitrogens with one attached hydrogen (secondary N) is 1. The third-order valence-electron chi connectivity index (χ3n) is 4.46. The maximum atomic E-state index is 12.1. The van der Waals surface area contributed by atoms with Crippen LogP contribution < -0.4 is 5.32 Å². The van der Waals surface area contributed by atoms with Crippen molar-refractivity contribution >= 4 is 12.0 Å². The van der Waals surface area contributed by atoms with E-state index < -0.39 is 12.0 Å². The van der Waals surface area contributed by atoms with E-state index in [0.29, 0.717) is 25.6 Å². The number of carbonyl (C=O) groups is 2. The van der Waals surface area contributed by atoms with E-state index in [2.05, 4.69) is 5.32 Å². The van der Waals surface area contributed by atoms with Crippen molar-refractivity contribution in [2.24, 2.45) is 11.8 Å². The monoisotopic (exact) mass is 284 g/mol. The molecule has 6 heteroatoms. The second kappa shape index (κ2) is 6.92. The van der Waals surface area contributed by atoms with E-state index in [1.165, 1.54) is 4.90 Å². The Labute approximate surface area is 119 Å². The van der Waals surface area contributed by atoms with Gasteiger partial charge in [0.15, 0.2) is 0 Å². The second-order valence-electron chi connectivity index (χ2n) is 5.72. The zero-order valence-corrected chi connectivity index (χ0v) is 12.0. The Balaban J connectivity index is 1.84. The number of ether oxygens (including phenoxy) is 1. The van der Waals surface area contributed by atoms with Gasteiger partial charge in [0.1, 0.15) is 6.04 Å². The molecule has 2 N–H and O–H groups in total. The number of hydrogen-bond acceptors (Lipinski definition) is 3. The summed E-state index contributed by atoms with van der Waals surface area (Å²) < 4.78 is 4.95. The van der Waals surface area contributed by atoms with Gasteiger partial charge in [-0.2, -0.15) is 0 Å². The molecule has 2 rings (SSSR count).